The lowest BCUT2D eigenvalue weighted by atomic mass is 9.94. The molecule has 2 aromatic heterocycles. The van der Waals surface area contributed by atoms with Gasteiger partial charge in [-0.15, -0.1) is 11.3 Å². The Morgan fingerprint density at radius 3 is 3.22 bits per heavy atom. The maximum Gasteiger partial charge on any atom is 0.237 e. The van der Waals surface area contributed by atoms with E-state index in [4.69, 9.17) is 0 Å². The van der Waals surface area contributed by atoms with E-state index >= 15 is 0 Å². The molecule has 3 rings (SSSR count). The average molecular weight is 332 g/mol. The summed E-state index contributed by atoms with van der Waals surface area (Å²) in [6.45, 7) is 4.63. The van der Waals surface area contributed by atoms with Crippen LogP contribution in [0, 0.1) is 0 Å². The molecule has 1 fully saturated rings. The van der Waals surface area contributed by atoms with Gasteiger partial charge in [0.1, 0.15) is 0 Å². The zero-order chi connectivity index (χ0) is 16.1. The third-order valence-electron chi connectivity index (χ3n) is 4.59. The van der Waals surface area contributed by atoms with Crippen LogP contribution in [0.1, 0.15) is 36.3 Å². The Kier molecular flexibility index (Phi) is 5.46. The minimum Gasteiger partial charge on any atom is -0.354 e. The van der Waals surface area contributed by atoms with Crippen LogP contribution in [0.5, 0.6) is 0 Å². The molecule has 23 heavy (non-hydrogen) atoms. The highest BCUT2D eigenvalue weighted by Crippen LogP contribution is 2.26. The summed E-state index contributed by atoms with van der Waals surface area (Å²) in [5.41, 5.74) is 1.18. The van der Waals surface area contributed by atoms with Crippen LogP contribution in [-0.2, 0) is 11.2 Å². The van der Waals surface area contributed by atoms with Crippen molar-refractivity contribution >= 4 is 17.2 Å². The van der Waals surface area contributed by atoms with Crippen molar-refractivity contribution in [2.75, 3.05) is 19.6 Å². The van der Waals surface area contributed by atoms with Gasteiger partial charge in [0.15, 0.2) is 0 Å². The van der Waals surface area contributed by atoms with Gasteiger partial charge in [-0.2, -0.15) is 5.10 Å². The topological polar surface area (TPSA) is 61.0 Å². The summed E-state index contributed by atoms with van der Waals surface area (Å²) in [5, 5.41) is 12.3. The number of nitrogens with zero attached hydrogens (tertiary/aromatic N) is 2. The summed E-state index contributed by atoms with van der Waals surface area (Å²) in [4.78, 5) is 16.0. The Balaban J connectivity index is 1.48. The van der Waals surface area contributed by atoms with Crippen LogP contribution in [-0.4, -0.2) is 46.7 Å². The first-order valence-corrected chi connectivity index (χ1v) is 9.15. The molecule has 1 aliphatic heterocycles. The fraction of sp³-hybridized carbons (Fsp3) is 0.529. The van der Waals surface area contributed by atoms with Gasteiger partial charge in [0.25, 0.3) is 0 Å². The van der Waals surface area contributed by atoms with Gasteiger partial charge in [-0.1, -0.05) is 6.07 Å². The maximum atomic E-state index is 12.4. The highest BCUT2D eigenvalue weighted by molar-refractivity contribution is 7.09. The minimum absolute atomic E-state index is 0.0796. The van der Waals surface area contributed by atoms with Crippen LogP contribution in [0.15, 0.2) is 29.8 Å². The third-order valence-corrected chi connectivity index (χ3v) is 5.53. The number of nitrogens with one attached hydrogen (secondary N) is 2. The predicted molar refractivity (Wildman–Crippen MR) is 92.6 cm³/mol. The molecular formula is C17H24N4OS. The second-order valence-electron chi connectivity index (χ2n) is 6.14. The summed E-state index contributed by atoms with van der Waals surface area (Å²) < 4.78 is 0. The van der Waals surface area contributed by atoms with Gasteiger partial charge in [0, 0.05) is 35.8 Å². The lowest BCUT2D eigenvalue weighted by Gasteiger charge is -2.35. The molecule has 0 spiro atoms. The highest BCUT2D eigenvalue weighted by atomic mass is 32.1. The van der Waals surface area contributed by atoms with Crippen molar-refractivity contribution in [2.24, 2.45) is 0 Å². The molecule has 0 radical (unpaired) electrons. The molecule has 3 heterocycles. The average Bonchev–Trinajstić information content (AvgIpc) is 3.28. The van der Waals surface area contributed by atoms with Crippen molar-refractivity contribution in [3.8, 4) is 0 Å². The Labute approximate surface area is 141 Å². The summed E-state index contributed by atoms with van der Waals surface area (Å²) in [5.74, 6) is 0.583. The van der Waals surface area contributed by atoms with E-state index in [1.807, 2.05) is 19.1 Å². The standard InChI is InChI=1S/C17H24N4OS/c1-13(17(22)18-8-6-15-5-3-11-23-15)21-10-2-4-14(12-21)16-7-9-19-20-16/h3,5,7,9,11,13-14H,2,4,6,8,10,12H2,1H3,(H,18,22)(H,19,20)/t13-,14+/m0/s1. The Morgan fingerprint density at radius 2 is 2.48 bits per heavy atom. The van der Waals surface area contributed by atoms with E-state index in [0.29, 0.717) is 12.5 Å². The van der Waals surface area contributed by atoms with Crippen LogP contribution in [0.25, 0.3) is 0 Å². The smallest absolute Gasteiger partial charge is 0.237 e. The number of H-pyrrole nitrogens is 1. The number of thiophene rings is 1. The molecule has 0 aliphatic carbocycles. The van der Waals surface area contributed by atoms with Crippen LogP contribution in [0.3, 0.4) is 0 Å². The zero-order valence-corrected chi connectivity index (χ0v) is 14.3. The number of likely N-dealkylation sites (tertiary alicyclic amines) is 1. The normalized spacial score (nSPS) is 20.3. The Morgan fingerprint density at radius 1 is 1.57 bits per heavy atom. The molecular weight excluding hydrogens is 308 g/mol. The molecule has 0 saturated carbocycles. The molecule has 1 amide bonds. The summed E-state index contributed by atoms with van der Waals surface area (Å²) in [6, 6.07) is 6.12. The molecule has 1 saturated heterocycles. The first-order valence-electron chi connectivity index (χ1n) is 8.27. The fourth-order valence-corrected chi connectivity index (χ4v) is 3.89. The lowest BCUT2D eigenvalue weighted by molar-refractivity contribution is -0.126. The molecule has 124 valence electrons. The maximum absolute atomic E-state index is 12.4. The van der Waals surface area contributed by atoms with Gasteiger partial charge in [-0.3, -0.25) is 14.8 Å². The van der Waals surface area contributed by atoms with Crippen molar-refractivity contribution < 1.29 is 4.79 Å². The SMILES string of the molecule is C[C@@H](C(=O)NCCc1cccs1)N1CCC[C@@H](c2ccn[nH]2)C1. The first-order chi connectivity index (χ1) is 11.2. The second kappa shape index (κ2) is 7.75. The molecule has 0 unspecified atom stereocenters. The van der Waals surface area contributed by atoms with E-state index in [2.05, 4.69) is 31.9 Å². The second-order valence-corrected chi connectivity index (χ2v) is 7.17. The van der Waals surface area contributed by atoms with Gasteiger partial charge < -0.3 is 5.32 Å². The number of hydrogen-bond acceptors (Lipinski definition) is 4. The van der Waals surface area contributed by atoms with E-state index in [9.17, 15) is 4.79 Å². The summed E-state index contributed by atoms with van der Waals surface area (Å²) in [6.07, 6.45) is 4.99. The predicted octanol–water partition coefficient (Wildman–Crippen LogP) is 2.40. The zero-order valence-electron chi connectivity index (χ0n) is 13.5. The summed E-state index contributed by atoms with van der Waals surface area (Å²) in [7, 11) is 0. The van der Waals surface area contributed by atoms with E-state index in [0.717, 1.165) is 32.4 Å². The molecule has 5 nitrogen and oxygen atoms in total. The van der Waals surface area contributed by atoms with Crippen molar-refractivity contribution in [1.82, 2.24) is 20.4 Å². The van der Waals surface area contributed by atoms with Gasteiger partial charge >= 0.3 is 0 Å². The van der Waals surface area contributed by atoms with Crippen LogP contribution >= 0.6 is 11.3 Å². The Bertz CT molecular complexity index is 596. The molecule has 6 heteroatoms. The van der Waals surface area contributed by atoms with Crippen LogP contribution < -0.4 is 5.32 Å². The molecule has 2 N–H and O–H groups in total. The Hall–Kier alpha value is -1.66. The van der Waals surface area contributed by atoms with Crippen LogP contribution in [0.2, 0.25) is 0 Å². The minimum atomic E-state index is -0.0796. The number of carbonyl (C=O) groups is 1. The number of rotatable bonds is 6. The van der Waals surface area contributed by atoms with Crippen molar-refractivity contribution in [1.29, 1.82) is 0 Å². The first kappa shape index (κ1) is 16.2. The molecule has 2 aromatic rings. The number of hydrogen-bond donors (Lipinski definition) is 2. The number of aromatic nitrogens is 2. The quantitative estimate of drug-likeness (QED) is 0.854. The fourth-order valence-electron chi connectivity index (χ4n) is 3.18. The van der Waals surface area contributed by atoms with Crippen LogP contribution in [0.4, 0.5) is 0 Å². The van der Waals surface area contributed by atoms with E-state index in [1.54, 1.807) is 17.5 Å². The van der Waals surface area contributed by atoms with Gasteiger partial charge in [-0.05, 0) is 50.2 Å². The number of aromatic amines is 1. The molecule has 0 bridgehead atoms. The summed E-state index contributed by atoms with van der Waals surface area (Å²) >= 11 is 1.74. The molecule has 1 aliphatic rings. The van der Waals surface area contributed by atoms with Crippen molar-refractivity contribution in [3.63, 3.8) is 0 Å². The molecule has 0 aromatic carbocycles. The number of piperidine rings is 1. The monoisotopic (exact) mass is 332 g/mol. The molecule has 2 atom stereocenters. The lowest BCUT2D eigenvalue weighted by Crippen LogP contribution is -2.49. The van der Waals surface area contributed by atoms with E-state index in [-0.39, 0.29) is 11.9 Å². The third kappa shape index (κ3) is 4.20. The van der Waals surface area contributed by atoms with Gasteiger partial charge in [0.2, 0.25) is 5.91 Å². The van der Waals surface area contributed by atoms with Crippen molar-refractivity contribution in [3.05, 3.63) is 40.3 Å². The van der Waals surface area contributed by atoms with Gasteiger partial charge in [0.05, 0.1) is 6.04 Å². The largest absolute Gasteiger partial charge is 0.354 e. The van der Waals surface area contributed by atoms with E-state index < -0.39 is 0 Å². The van der Waals surface area contributed by atoms with E-state index in [1.165, 1.54) is 10.6 Å². The highest BCUT2D eigenvalue weighted by Gasteiger charge is 2.28. The number of amides is 1. The van der Waals surface area contributed by atoms with Gasteiger partial charge in [-0.25, -0.2) is 0 Å². The number of carbonyl (C=O) groups excluding carboxylic acids is 1. The van der Waals surface area contributed by atoms with Crippen molar-refractivity contribution in [2.45, 2.75) is 38.1 Å².